The summed E-state index contributed by atoms with van der Waals surface area (Å²) in [7, 11) is 0. The lowest BCUT2D eigenvalue weighted by molar-refractivity contribution is -0.385. The summed E-state index contributed by atoms with van der Waals surface area (Å²) in [6.07, 6.45) is 0.0526. The molecule has 1 saturated heterocycles. The van der Waals surface area contributed by atoms with Crippen LogP contribution in [0.4, 0.5) is 5.69 Å². The van der Waals surface area contributed by atoms with Gasteiger partial charge in [0.2, 0.25) is 5.91 Å². The molecule has 7 nitrogen and oxygen atoms in total. The Bertz CT molecular complexity index is 1030. The van der Waals surface area contributed by atoms with Gasteiger partial charge in [-0.15, -0.1) is 0 Å². The first kappa shape index (κ1) is 19.2. The molecule has 4 rings (SSSR count). The molecule has 1 amide bonds. The molecule has 146 valence electrons. The van der Waals surface area contributed by atoms with Crippen molar-refractivity contribution >= 4 is 23.4 Å². The summed E-state index contributed by atoms with van der Waals surface area (Å²) in [6.45, 7) is 1.12. The molecular weight excluding hydrogens is 388 g/mol. The Kier molecular flexibility index (Phi) is 5.34. The Balaban J connectivity index is 1.64. The number of thioether (sulfide) groups is 1. The molecule has 2 aromatic rings. The minimum Gasteiger partial charge on any atom is -0.292 e. The first-order valence-corrected chi connectivity index (χ1v) is 10.1. The van der Waals surface area contributed by atoms with Crippen LogP contribution in [-0.4, -0.2) is 33.2 Å². The number of nitro benzene ring substituents is 1. The molecule has 0 aliphatic carbocycles. The molecule has 0 bridgehead atoms. The SMILES string of the molecule is N#CC1=C2SCN(Cc3ccccc3)CN2C(=O)CC1c1ccccc1[N+](=O)[O-]. The fraction of sp³-hybridized carbons (Fsp3) is 0.238. The van der Waals surface area contributed by atoms with Gasteiger partial charge in [-0.05, 0) is 5.56 Å². The molecule has 2 aromatic carbocycles. The Labute approximate surface area is 172 Å². The van der Waals surface area contributed by atoms with Crippen molar-refractivity contribution in [3.05, 3.63) is 86.4 Å². The summed E-state index contributed by atoms with van der Waals surface area (Å²) >= 11 is 1.44. The zero-order valence-electron chi connectivity index (χ0n) is 15.5. The van der Waals surface area contributed by atoms with Crippen LogP contribution in [0.3, 0.4) is 0 Å². The first-order chi connectivity index (χ1) is 14.1. The standard InChI is InChI=1S/C21H18N4O3S/c22-11-18-17(16-8-4-5-9-19(16)25(27)28)10-20(26)24-13-23(14-29-21(18)24)12-15-6-2-1-3-7-15/h1-9,17H,10,12-14H2. The lowest BCUT2D eigenvalue weighted by atomic mass is 9.85. The van der Waals surface area contributed by atoms with Gasteiger partial charge in [-0.1, -0.05) is 60.3 Å². The van der Waals surface area contributed by atoms with E-state index in [0.29, 0.717) is 35.3 Å². The van der Waals surface area contributed by atoms with E-state index in [4.69, 9.17) is 0 Å². The number of hydrogen-bond acceptors (Lipinski definition) is 6. The number of rotatable bonds is 4. The van der Waals surface area contributed by atoms with Crippen LogP contribution in [-0.2, 0) is 11.3 Å². The summed E-state index contributed by atoms with van der Waals surface area (Å²) in [5.74, 6) is -0.0658. The molecule has 2 aliphatic heterocycles. The minimum atomic E-state index is -0.589. The maximum Gasteiger partial charge on any atom is 0.273 e. The maximum atomic E-state index is 12.9. The zero-order valence-corrected chi connectivity index (χ0v) is 16.3. The minimum absolute atomic E-state index is 0.0526. The molecule has 1 atom stereocenters. The average molecular weight is 406 g/mol. The van der Waals surface area contributed by atoms with Gasteiger partial charge in [0, 0.05) is 30.5 Å². The number of carbonyl (C=O) groups excluding carboxylic acids is 1. The van der Waals surface area contributed by atoms with Crippen molar-refractivity contribution in [1.82, 2.24) is 9.80 Å². The predicted molar refractivity (Wildman–Crippen MR) is 109 cm³/mol. The third kappa shape index (κ3) is 3.75. The number of nitro groups is 1. The third-order valence-corrected chi connectivity index (χ3v) is 6.32. The van der Waals surface area contributed by atoms with Gasteiger partial charge < -0.3 is 0 Å². The Morgan fingerprint density at radius 3 is 2.62 bits per heavy atom. The molecule has 0 saturated carbocycles. The number of allylic oxidation sites excluding steroid dienone is 1. The maximum absolute atomic E-state index is 12.9. The molecule has 1 fully saturated rings. The van der Waals surface area contributed by atoms with Crippen molar-refractivity contribution in [3.8, 4) is 6.07 Å². The van der Waals surface area contributed by atoms with E-state index < -0.39 is 10.8 Å². The van der Waals surface area contributed by atoms with Gasteiger partial charge in [-0.3, -0.25) is 24.7 Å². The lowest BCUT2D eigenvalue weighted by Gasteiger charge is -2.41. The number of carbonyl (C=O) groups is 1. The van der Waals surface area contributed by atoms with Gasteiger partial charge in [-0.25, -0.2) is 0 Å². The van der Waals surface area contributed by atoms with Gasteiger partial charge >= 0.3 is 0 Å². The van der Waals surface area contributed by atoms with Crippen LogP contribution in [0.1, 0.15) is 23.5 Å². The summed E-state index contributed by atoms with van der Waals surface area (Å²) in [5.41, 5.74) is 1.95. The topological polar surface area (TPSA) is 90.5 Å². The van der Waals surface area contributed by atoms with Crippen LogP contribution in [0.5, 0.6) is 0 Å². The number of benzene rings is 2. The van der Waals surface area contributed by atoms with Crippen LogP contribution >= 0.6 is 11.8 Å². The van der Waals surface area contributed by atoms with Crippen molar-refractivity contribution in [2.24, 2.45) is 0 Å². The highest BCUT2D eigenvalue weighted by Crippen LogP contribution is 2.44. The molecule has 2 heterocycles. The van der Waals surface area contributed by atoms with Crippen LogP contribution in [0, 0.1) is 21.4 Å². The number of fused-ring (bicyclic) bond motifs is 1. The Hall–Kier alpha value is -3.15. The van der Waals surface area contributed by atoms with Gasteiger partial charge in [0.05, 0.1) is 34.1 Å². The lowest BCUT2D eigenvalue weighted by Crippen LogP contribution is -2.46. The third-order valence-electron chi connectivity index (χ3n) is 5.11. The fourth-order valence-electron chi connectivity index (χ4n) is 3.76. The smallest absolute Gasteiger partial charge is 0.273 e. The van der Waals surface area contributed by atoms with E-state index in [1.807, 2.05) is 30.3 Å². The van der Waals surface area contributed by atoms with Gasteiger partial charge in [0.15, 0.2) is 0 Å². The number of para-hydroxylation sites is 1. The highest BCUT2D eigenvalue weighted by Gasteiger charge is 2.40. The van der Waals surface area contributed by atoms with Crippen LogP contribution in [0.2, 0.25) is 0 Å². The van der Waals surface area contributed by atoms with E-state index in [2.05, 4.69) is 11.0 Å². The molecule has 0 spiro atoms. The van der Waals surface area contributed by atoms with Crippen molar-refractivity contribution in [2.45, 2.75) is 18.9 Å². The fourth-order valence-corrected chi connectivity index (χ4v) is 4.90. The summed E-state index contributed by atoms with van der Waals surface area (Å²) in [5, 5.41) is 21.9. The van der Waals surface area contributed by atoms with Gasteiger partial charge in [-0.2, -0.15) is 5.26 Å². The second-order valence-corrected chi connectivity index (χ2v) is 7.89. The van der Waals surface area contributed by atoms with E-state index in [-0.39, 0.29) is 18.0 Å². The van der Waals surface area contributed by atoms with Crippen LogP contribution in [0.15, 0.2) is 65.2 Å². The largest absolute Gasteiger partial charge is 0.292 e. The highest BCUT2D eigenvalue weighted by molar-refractivity contribution is 8.03. The summed E-state index contributed by atoms with van der Waals surface area (Å²) < 4.78 is 0. The van der Waals surface area contributed by atoms with Crippen molar-refractivity contribution in [2.75, 3.05) is 12.5 Å². The van der Waals surface area contributed by atoms with E-state index in [1.54, 1.807) is 23.1 Å². The molecule has 0 radical (unpaired) electrons. The van der Waals surface area contributed by atoms with E-state index >= 15 is 0 Å². The second kappa shape index (κ2) is 8.07. The zero-order chi connectivity index (χ0) is 20.4. The Morgan fingerprint density at radius 1 is 1.17 bits per heavy atom. The second-order valence-electron chi connectivity index (χ2n) is 6.95. The quantitative estimate of drug-likeness (QED) is 0.566. The molecule has 29 heavy (non-hydrogen) atoms. The highest BCUT2D eigenvalue weighted by atomic mass is 32.2. The molecule has 1 unspecified atom stereocenters. The normalized spacial score (nSPS) is 19.6. The molecule has 0 N–H and O–H groups in total. The van der Waals surface area contributed by atoms with E-state index in [0.717, 1.165) is 5.56 Å². The van der Waals surface area contributed by atoms with Crippen molar-refractivity contribution in [3.63, 3.8) is 0 Å². The molecule has 0 aromatic heterocycles. The summed E-state index contributed by atoms with van der Waals surface area (Å²) in [4.78, 5) is 27.7. The molecular formula is C21H18N4O3S. The first-order valence-electron chi connectivity index (χ1n) is 9.15. The van der Waals surface area contributed by atoms with Gasteiger partial charge in [0.1, 0.15) is 0 Å². The summed E-state index contributed by atoms with van der Waals surface area (Å²) in [6, 6.07) is 18.6. The van der Waals surface area contributed by atoms with Crippen LogP contribution < -0.4 is 0 Å². The van der Waals surface area contributed by atoms with Crippen LogP contribution in [0.25, 0.3) is 0 Å². The molecule has 2 aliphatic rings. The van der Waals surface area contributed by atoms with Crippen molar-refractivity contribution in [1.29, 1.82) is 5.26 Å². The van der Waals surface area contributed by atoms with Gasteiger partial charge in [0.25, 0.3) is 5.69 Å². The monoisotopic (exact) mass is 406 g/mol. The number of nitriles is 1. The molecule has 8 heteroatoms. The average Bonchev–Trinajstić information content (AvgIpc) is 2.74. The number of amides is 1. The van der Waals surface area contributed by atoms with Crippen molar-refractivity contribution < 1.29 is 9.72 Å². The van der Waals surface area contributed by atoms with E-state index in [1.165, 1.54) is 17.8 Å². The number of nitrogens with zero attached hydrogens (tertiary/aromatic N) is 4. The Morgan fingerprint density at radius 2 is 1.90 bits per heavy atom. The number of hydrogen-bond donors (Lipinski definition) is 0. The predicted octanol–water partition coefficient (Wildman–Crippen LogP) is 3.81. The van der Waals surface area contributed by atoms with E-state index in [9.17, 15) is 20.2 Å².